The first kappa shape index (κ1) is 18.5. The topological polar surface area (TPSA) is 109 Å². The predicted molar refractivity (Wildman–Crippen MR) is 85.0 cm³/mol. The molecule has 1 saturated heterocycles. The molecule has 1 aromatic rings. The van der Waals surface area contributed by atoms with Crippen LogP contribution in [0.4, 0.5) is 0 Å². The van der Waals surface area contributed by atoms with Crippen LogP contribution >= 0.6 is 23.2 Å². The number of halogens is 2. The van der Waals surface area contributed by atoms with Crippen LogP contribution in [0.5, 0.6) is 0 Å². The Bertz CT molecular complexity index is 837. The molecule has 1 fully saturated rings. The fraction of sp³-hybridized carbons (Fsp3) is 0.417. The van der Waals surface area contributed by atoms with Crippen molar-refractivity contribution in [2.75, 3.05) is 18.1 Å². The molecule has 1 atom stereocenters. The molecule has 1 N–H and O–H groups in total. The summed E-state index contributed by atoms with van der Waals surface area (Å²) >= 11 is 11.6. The van der Waals surface area contributed by atoms with Crippen molar-refractivity contribution in [1.29, 1.82) is 0 Å². The number of carboxylic acids is 1. The number of carboxylic acid groups (broad SMARTS) is 1. The molecular weight excluding hydrogens is 389 g/mol. The molecule has 11 heteroatoms. The van der Waals surface area contributed by atoms with Gasteiger partial charge in [-0.25, -0.2) is 16.8 Å². The maximum atomic E-state index is 12.7. The first-order valence-electron chi connectivity index (χ1n) is 6.42. The van der Waals surface area contributed by atoms with Crippen LogP contribution in [0.2, 0.25) is 10.0 Å². The van der Waals surface area contributed by atoms with Gasteiger partial charge in [0.25, 0.3) is 0 Å². The van der Waals surface area contributed by atoms with Gasteiger partial charge in [0, 0.05) is 6.04 Å². The minimum atomic E-state index is -4.22. The average Bonchev–Trinajstić information content (AvgIpc) is 2.78. The van der Waals surface area contributed by atoms with Gasteiger partial charge < -0.3 is 5.11 Å². The summed E-state index contributed by atoms with van der Waals surface area (Å²) in [5.74, 6) is -1.95. The van der Waals surface area contributed by atoms with Crippen LogP contribution in [-0.4, -0.2) is 56.3 Å². The number of aliphatic carboxylic acids is 1. The van der Waals surface area contributed by atoms with Crippen LogP contribution in [0, 0.1) is 0 Å². The third-order valence-corrected chi connectivity index (χ3v) is 7.79. The second kappa shape index (κ2) is 6.56. The van der Waals surface area contributed by atoms with Crippen molar-refractivity contribution < 1.29 is 26.7 Å². The molecule has 0 spiro atoms. The summed E-state index contributed by atoms with van der Waals surface area (Å²) in [6, 6.07) is 2.66. The van der Waals surface area contributed by atoms with E-state index in [0.29, 0.717) is 4.31 Å². The maximum Gasteiger partial charge on any atom is 0.318 e. The fourth-order valence-corrected chi connectivity index (χ4v) is 6.14. The number of benzene rings is 1. The molecule has 1 aliphatic rings. The van der Waals surface area contributed by atoms with Gasteiger partial charge in [-0.1, -0.05) is 23.2 Å². The molecular formula is C12H13Cl2NO6S2. The highest BCUT2D eigenvalue weighted by molar-refractivity contribution is 7.92. The van der Waals surface area contributed by atoms with Gasteiger partial charge >= 0.3 is 5.97 Å². The van der Waals surface area contributed by atoms with Gasteiger partial charge in [-0.05, 0) is 24.6 Å². The molecule has 1 heterocycles. The molecule has 0 saturated carbocycles. The van der Waals surface area contributed by atoms with E-state index in [-0.39, 0.29) is 27.1 Å². The Morgan fingerprint density at radius 1 is 1.30 bits per heavy atom. The molecule has 128 valence electrons. The second-order valence-electron chi connectivity index (χ2n) is 5.08. The van der Waals surface area contributed by atoms with Gasteiger partial charge in [0.05, 0.1) is 26.4 Å². The molecule has 0 radical (unpaired) electrons. The molecule has 0 aromatic heterocycles. The van der Waals surface area contributed by atoms with E-state index < -0.39 is 44.2 Å². The van der Waals surface area contributed by atoms with Gasteiger partial charge in [0.15, 0.2) is 9.84 Å². The van der Waals surface area contributed by atoms with Crippen molar-refractivity contribution in [2.45, 2.75) is 17.4 Å². The summed E-state index contributed by atoms with van der Waals surface area (Å²) in [7, 11) is -7.60. The number of hydrogen-bond acceptors (Lipinski definition) is 5. The van der Waals surface area contributed by atoms with Gasteiger partial charge in [-0.3, -0.25) is 4.79 Å². The van der Waals surface area contributed by atoms with Gasteiger partial charge in [0.1, 0.15) is 6.54 Å². The van der Waals surface area contributed by atoms with E-state index in [1.54, 1.807) is 0 Å². The molecule has 23 heavy (non-hydrogen) atoms. The number of sulfone groups is 1. The quantitative estimate of drug-likeness (QED) is 0.794. The van der Waals surface area contributed by atoms with Crippen LogP contribution in [0.15, 0.2) is 23.1 Å². The molecule has 0 aliphatic carbocycles. The Kier molecular flexibility index (Phi) is 5.27. The van der Waals surface area contributed by atoms with E-state index in [2.05, 4.69) is 0 Å². The molecule has 0 amide bonds. The van der Waals surface area contributed by atoms with Crippen LogP contribution in [-0.2, 0) is 24.7 Å². The van der Waals surface area contributed by atoms with Crippen molar-refractivity contribution >= 4 is 49.0 Å². The van der Waals surface area contributed by atoms with E-state index in [9.17, 15) is 21.6 Å². The predicted octanol–water partition coefficient (Wildman–Crippen LogP) is 1.26. The zero-order valence-electron chi connectivity index (χ0n) is 11.6. The molecule has 0 unspecified atom stereocenters. The monoisotopic (exact) mass is 401 g/mol. The number of nitrogens with zero attached hydrogens (tertiary/aromatic N) is 1. The smallest absolute Gasteiger partial charge is 0.318 e. The van der Waals surface area contributed by atoms with Crippen molar-refractivity contribution in [3.63, 3.8) is 0 Å². The summed E-state index contributed by atoms with van der Waals surface area (Å²) < 4.78 is 49.3. The molecule has 7 nitrogen and oxygen atoms in total. The van der Waals surface area contributed by atoms with E-state index in [1.807, 2.05) is 0 Å². The van der Waals surface area contributed by atoms with E-state index in [1.165, 1.54) is 12.1 Å². The summed E-state index contributed by atoms with van der Waals surface area (Å²) in [6.45, 7) is -0.831. The van der Waals surface area contributed by atoms with E-state index in [4.69, 9.17) is 28.3 Å². The van der Waals surface area contributed by atoms with Crippen molar-refractivity contribution in [1.82, 2.24) is 4.31 Å². The minimum absolute atomic E-state index is 0.00191. The highest BCUT2D eigenvalue weighted by atomic mass is 35.5. The fourth-order valence-electron chi connectivity index (χ4n) is 2.32. The van der Waals surface area contributed by atoms with Crippen molar-refractivity contribution in [3.8, 4) is 0 Å². The maximum absolute atomic E-state index is 12.7. The van der Waals surface area contributed by atoms with Crippen LogP contribution in [0.25, 0.3) is 0 Å². The normalized spacial score (nSPS) is 20.7. The SMILES string of the molecule is O=C(O)CN([C@H]1CCS(=O)(=O)C1)S(=O)(=O)c1ccc(Cl)c(Cl)c1. The Morgan fingerprint density at radius 3 is 2.43 bits per heavy atom. The third kappa shape index (κ3) is 4.16. The van der Waals surface area contributed by atoms with Crippen molar-refractivity contribution in [3.05, 3.63) is 28.2 Å². The van der Waals surface area contributed by atoms with E-state index >= 15 is 0 Å². The van der Waals surface area contributed by atoms with Crippen LogP contribution in [0.1, 0.15) is 6.42 Å². The summed E-state index contributed by atoms with van der Waals surface area (Å²) in [4.78, 5) is 10.8. The molecule has 1 aliphatic heterocycles. The largest absolute Gasteiger partial charge is 0.480 e. The van der Waals surface area contributed by atoms with E-state index in [0.717, 1.165) is 6.07 Å². The summed E-state index contributed by atoms with van der Waals surface area (Å²) in [6.07, 6.45) is 0.0518. The minimum Gasteiger partial charge on any atom is -0.480 e. The lowest BCUT2D eigenvalue weighted by Crippen LogP contribution is -2.44. The highest BCUT2D eigenvalue weighted by Gasteiger charge is 2.40. The zero-order valence-corrected chi connectivity index (χ0v) is 14.8. The first-order valence-corrected chi connectivity index (χ1v) is 10.4. The van der Waals surface area contributed by atoms with Gasteiger partial charge in [-0.2, -0.15) is 4.31 Å². The van der Waals surface area contributed by atoms with Crippen LogP contribution in [0.3, 0.4) is 0 Å². The Balaban J connectivity index is 2.45. The Labute approximate surface area is 143 Å². The third-order valence-electron chi connectivity index (χ3n) is 3.40. The molecule has 0 bridgehead atoms. The highest BCUT2D eigenvalue weighted by Crippen LogP contribution is 2.29. The Morgan fingerprint density at radius 2 is 1.96 bits per heavy atom. The number of carbonyl (C=O) groups is 1. The van der Waals surface area contributed by atoms with Gasteiger partial charge in [0.2, 0.25) is 10.0 Å². The number of sulfonamides is 1. The number of hydrogen-bond donors (Lipinski definition) is 1. The second-order valence-corrected chi connectivity index (χ2v) is 10.0. The lowest BCUT2D eigenvalue weighted by Gasteiger charge is -2.25. The average molecular weight is 402 g/mol. The first-order chi connectivity index (χ1) is 10.5. The summed E-state index contributed by atoms with van der Waals surface area (Å²) in [5, 5.41) is 9.13. The van der Waals surface area contributed by atoms with Crippen molar-refractivity contribution in [2.24, 2.45) is 0 Å². The summed E-state index contributed by atoms with van der Waals surface area (Å²) in [5.41, 5.74) is 0. The molecule has 2 rings (SSSR count). The number of rotatable bonds is 5. The van der Waals surface area contributed by atoms with Gasteiger partial charge in [-0.15, -0.1) is 0 Å². The Hall–Kier alpha value is -0.870. The lowest BCUT2D eigenvalue weighted by molar-refractivity contribution is -0.137. The standard InChI is InChI=1S/C12H13Cl2NO6S2/c13-10-2-1-9(5-11(10)14)23(20,21)15(6-12(16)17)8-3-4-22(18,19)7-8/h1-2,5,8H,3-4,6-7H2,(H,16,17)/t8-/m0/s1. The van der Waals surface area contributed by atoms with Crippen LogP contribution < -0.4 is 0 Å². The lowest BCUT2D eigenvalue weighted by atomic mass is 10.2. The molecule has 1 aromatic carbocycles. The zero-order chi connectivity index (χ0) is 17.4.